The van der Waals surface area contributed by atoms with Gasteiger partial charge in [-0.05, 0) is 24.3 Å². The van der Waals surface area contributed by atoms with E-state index in [9.17, 15) is 17.6 Å². The van der Waals surface area contributed by atoms with E-state index in [1.165, 1.54) is 43.5 Å². The average molecular weight is 408 g/mol. The molecule has 0 unspecified atom stereocenters. The maximum atomic E-state index is 13.9. The molecule has 1 aromatic heterocycles. The second kappa shape index (κ2) is 8.21. The lowest BCUT2D eigenvalue weighted by Gasteiger charge is -2.12. The van der Waals surface area contributed by atoms with Crippen molar-refractivity contribution in [3.05, 3.63) is 54.3 Å². The monoisotopic (exact) mass is 408 g/mol. The molecular weight excluding hydrogens is 392 g/mol. The average Bonchev–Trinajstić information content (AvgIpc) is 2.67. The number of hydrogen-bond donors (Lipinski definition) is 2. The second-order valence-electron chi connectivity index (χ2n) is 5.76. The van der Waals surface area contributed by atoms with Gasteiger partial charge in [-0.25, -0.2) is 9.37 Å². The summed E-state index contributed by atoms with van der Waals surface area (Å²) in [5.74, 6) is -0.299. The predicted molar refractivity (Wildman–Crippen MR) is 99.9 cm³/mol. The Kier molecular flexibility index (Phi) is 5.71. The summed E-state index contributed by atoms with van der Waals surface area (Å²) in [4.78, 5) is 8.48. The van der Waals surface area contributed by atoms with E-state index in [4.69, 9.17) is 4.74 Å². The summed E-state index contributed by atoms with van der Waals surface area (Å²) in [7, 11) is 2.96. The summed E-state index contributed by atoms with van der Waals surface area (Å²) in [6, 6.07) is 11.2. The first kappa shape index (κ1) is 20.2. The van der Waals surface area contributed by atoms with Crippen molar-refractivity contribution in [3.8, 4) is 22.8 Å². The number of anilines is 3. The Morgan fingerprint density at radius 3 is 2.45 bits per heavy atom. The molecule has 0 aliphatic rings. The normalized spacial score (nSPS) is 11.1. The van der Waals surface area contributed by atoms with Crippen LogP contribution in [0.2, 0.25) is 0 Å². The molecule has 152 valence electrons. The number of rotatable bonds is 6. The van der Waals surface area contributed by atoms with Crippen molar-refractivity contribution < 1.29 is 27.0 Å². The molecular formula is C19H16F4N4O2. The lowest BCUT2D eigenvalue weighted by Crippen LogP contribution is -2.17. The first-order chi connectivity index (χ1) is 13.8. The van der Waals surface area contributed by atoms with Crippen LogP contribution in [0.5, 0.6) is 11.5 Å². The van der Waals surface area contributed by atoms with E-state index in [2.05, 4.69) is 25.3 Å². The molecule has 3 rings (SSSR count). The number of nitrogens with one attached hydrogen (secondary N) is 2. The van der Waals surface area contributed by atoms with E-state index in [0.717, 1.165) is 0 Å². The zero-order chi connectivity index (χ0) is 21.0. The van der Waals surface area contributed by atoms with Crippen molar-refractivity contribution >= 4 is 17.5 Å². The first-order valence-electron chi connectivity index (χ1n) is 8.31. The van der Waals surface area contributed by atoms with Crippen LogP contribution in [0.3, 0.4) is 0 Å². The van der Waals surface area contributed by atoms with Gasteiger partial charge < -0.3 is 20.1 Å². The van der Waals surface area contributed by atoms with Crippen molar-refractivity contribution in [2.24, 2.45) is 0 Å². The van der Waals surface area contributed by atoms with Gasteiger partial charge in [0.15, 0.2) is 11.6 Å². The molecule has 0 saturated carbocycles. The van der Waals surface area contributed by atoms with E-state index in [1.807, 2.05) is 0 Å². The van der Waals surface area contributed by atoms with Crippen LogP contribution < -0.4 is 20.1 Å². The molecule has 0 fully saturated rings. The van der Waals surface area contributed by atoms with Gasteiger partial charge in [-0.3, -0.25) is 0 Å². The van der Waals surface area contributed by atoms with Crippen LogP contribution in [0, 0.1) is 5.82 Å². The molecule has 0 spiro atoms. The van der Waals surface area contributed by atoms with Crippen molar-refractivity contribution in [2.75, 3.05) is 24.8 Å². The number of alkyl halides is 3. The summed E-state index contributed by atoms with van der Waals surface area (Å²) >= 11 is 0. The summed E-state index contributed by atoms with van der Waals surface area (Å²) in [6.07, 6.45) is -4.80. The molecule has 0 aliphatic heterocycles. The fraction of sp³-hybridized carbons (Fsp3) is 0.158. The Balaban J connectivity index is 1.93. The fourth-order valence-electron chi connectivity index (χ4n) is 2.52. The number of methoxy groups -OCH3 is 1. The molecule has 0 saturated heterocycles. The van der Waals surface area contributed by atoms with Crippen LogP contribution >= 0.6 is 0 Å². The van der Waals surface area contributed by atoms with E-state index < -0.39 is 12.2 Å². The summed E-state index contributed by atoms with van der Waals surface area (Å²) in [5, 5.41) is 5.71. The number of nitrogens with zero attached hydrogens (tertiary/aromatic N) is 2. The third-order valence-corrected chi connectivity index (χ3v) is 3.74. The van der Waals surface area contributed by atoms with Crippen molar-refractivity contribution in [1.29, 1.82) is 0 Å². The van der Waals surface area contributed by atoms with Gasteiger partial charge >= 0.3 is 6.36 Å². The molecule has 3 aromatic rings. The Morgan fingerprint density at radius 2 is 1.79 bits per heavy atom. The lowest BCUT2D eigenvalue weighted by atomic mass is 10.1. The van der Waals surface area contributed by atoms with Gasteiger partial charge in [0.05, 0.1) is 12.8 Å². The Morgan fingerprint density at radius 1 is 1.00 bits per heavy atom. The number of aromatic nitrogens is 2. The number of benzene rings is 2. The van der Waals surface area contributed by atoms with Gasteiger partial charge in [-0.15, -0.1) is 13.2 Å². The number of ether oxygens (including phenoxy) is 2. The molecule has 0 aliphatic carbocycles. The van der Waals surface area contributed by atoms with Crippen LogP contribution in [0.15, 0.2) is 48.5 Å². The highest BCUT2D eigenvalue weighted by Crippen LogP contribution is 2.30. The van der Waals surface area contributed by atoms with Crippen molar-refractivity contribution in [2.45, 2.75) is 6.36 Å². The third-order valence-electron chi connectivity index (χ3n) is 3.74. The van der Waals surface area contributed by atoms with Gasteiger partial charge in [0.25, 0.3) is 0 Å². The van der Waals surface area contributed by atoms with Gasteiger partial charge in [-0.2, -0.15) is 4.98 Å². The highest BCUT2D eigenvalue weighted by atomic mass is 19.4. The summed E-state index contributed by atoms with van der Waals surface area (Å²) in [5.41, 5.74) is 1.13. The summed E-state index contributed by atoms with van der Waals surface area (Å²) in [6.45, 7) is 0. The van der Waals surface area contributed by atoms with E-state index in [1.54, 1.807) is 19.2 Å². The Bertz CT molecular complexity index is 1010. The minimum atomic E-state index is -4.80. The zero-order valence-corrected chi connectivity index (χ0v) is 15.3. The Hall–Kier alpha value is -3.56. The standard InChI is InChI=1S/C19H16F4N4O2/c1-24-18-26-15(11-4-3-5-13(8-11)29-19(21,22)23)10-17(27-18)25-12-6-7-16(28-2)14(20)9-12/h3-10H,1-2H3,(H2,24,25,26,27). The quantitative estimate of drug-likeness (QED) is 0.561. The molecule has 0 bridgehead atoms. The zero-order valence-electron chi connectivity index (χ0n) is 15.3. The van der Waals surface area contributed by atoms with Crippen molar-refractivity contribution in [1.82, 2.24) is 9.97 Å². The van der Waals surface area contributed by atoms with Gasteiger partial charge in [0.2, 0.25) is 5.95 Å². The number of halogens is 4. The molecule has 6 nitrogen and oxygen atoms in total. The SMILES string of the molecule is CNc1nc(Nc2ccc(OC)c(F)c2)cc(-c2cccc(OC(F)(F)F)c2)n1. The molecule has 2 N–H and O–H groups in total. The van der Waals surface area contributed by atoms with Crippen LogP contribution in [0.4, 0.5) is 35.0 Å². The third kappa shape index (κ3) is 5.24. The second-order valence-corrected chi connectivity index (χ2v) is 5.76. The van der Waals surface area contributed by atoms with Crippen LogP contribution in [-0.4, -0.2) is 30.5 Å². The van der Waals surface area contributed by atoms with E-state index in [-0.39, 0.29) is 17.4 Å². The molecule has 1 heterocycles. The summed E-state index contributed by atoms with van der Waals surface area (Å²) < 4.78 is 60.2. The smallest absolute Gasteiger partial charge is 0.494 e. The van der Waals surface area contributed by atoms with Crippen LogP contribution in [-0.2, 0) is 0 Å². The van der Waals surface area contributed by atoms with E-state index >= 15 is 0 Å². The number of hydrogen-bond acceptors (Lipinski definition) is 6. The van der Waals surface area contributed by atoms with Gasteiger partial charge in [0.1, 0.15) is 11.6 Å². The predicted octanol–water partition coefficient (Wildman–Crippen LogP) is 4.98. The molecule has 0 radical (unpaired) electrons. The fourth-order valence-corrected chi connectivity index (χ4v) is 2.52. The molecule has 29 heavy (non-hydrogen) atoms. The van der Waals surface area contributed by atoms with Crippen molar-refractivity contribution in [3.63, 3.8) is 0 Å². The highest BCUT2D eigenvalue weighted by molar-refractivity contribution is 5.68. The molecule has 2 aromatic carbocycles. The first-order valence-corrected chi connectivity index (χ1v) is 8.31. The highest BCUT2D eigenvalue weighted by Gasteiger charge is 2.31. The maximum absolute atomic E-state index is 13.9. The molecule has 10 heteroatoms. The topological polar surface area (TPSA) is 68.3 Å². The van der Waals surface area contributed by atoms with Gasteiger partial charge in [-0.1, -0.05) is 12.1 Å². The molecule has 0 amide bonds. The van der Waals surface area contributed by atoms with Crippen LogP contribution in [0.1, 0.15) is 0 Å². The Labute approximate surface area is 163 Å². The lowest BCUT2D eigenvalue weighted by molar-refractivity contribution is -0.274. The van der Waals surface area contributed by atoms with Gasteiger partial charge in [0, 0.05) is 30.4 Å². The van der Waals surface area contributed by atoms with E-state index in [0.29, 0.717) is 22.8 Å². The maximum Gasteiger partial charge on any atom is 0.573 e. The minimum absolute atomic E-state index is 0.0938. The molecule has 0 atom stereocenters. The minimum Gasteiger partial charge on any atom is -0.494 e. The van der Waals surface area contributed by atoms with Crippen LogP contribution in [0.25, 0.3) is 11.3 Å². The largest absolute Gasteiger partial charge is 0.573 e.